The molecular weight excluding hydrogens is 338 g/mol. The van der Waals surface area contributed by atoms with Gasteiger partial charge in [0.1, 0.15) is 0 Å². The standard InChI is InChI=1S/C15H16ClN3O5/c1-3-4-18-13(21)7-19-15(22)9-5-10(16)14(11(6-9)23-2)24-8-12(17)20/h1,5-6H,4,7-8H2,2H3,(H2,17,20)(H,18,21)(H,19,22). The summed E-state index contributed by atoms with van der Waals surface area (Å²) in [6, 6.07) is 2.67. The molecule has 0 aromatic heterocycles. The van der Waals surface area contributed by atoms with E-state index >= 15 is 0 Å². The van der Waals surface area contributed by atoms with Crippen molar-refractivity contribution >= 4 is 29.3 Å². The zero-order chi connectivity index (χ0) is 18.1. The van der Waals surface area contributed by atoms with Crippen LogP contribution in [0.15, 0.2) is 12.1 Å². The number of hydrogen-bond donors (Lipinski definition) is 3. The molecule has 0 aliphatic carbocycles. The fourth-order valence-corrected chi connectivity index (χ4v) is 1.87. The lowest BCUT2D eigenvalue weighted by Gasteiger charge is -2.13. The monoisotopic (exact) mass is 353 g/mol. The fourth-order valence-electron chi connectivity index (χ4n) is 1.61. The third-order valence-corrected chi connectivity index (χ3v) is 2.93. The van der Waals surface area contributed by atoms with Gasteiger partial charge in [-0.1, -0.05) is 17.5 Å². The molecule has 4 N–H and O–H groups in total. The summed E-state index contributed by atoms with van der Waals surface area (Å²) in [6.07, 6.45) is 5.01. The van der Waals surface area contributed by atoms with E-state index in [9.17, 15) is 14.4 Å². The molecule has 0 bridgehead atoms. The van der Waals surface area contributed by atoms with E-state index in [1.54, 1.807) is 0 Å². The zero-order valence-electron chi connectivity index (χ0n) is 12.8. The number of amides is 3. The van der Waals surface area contributed by atoms with Gasteiger partial charge in [-0.05, 0) is 12.1 Å². The van der Waals surface area contributed by atoms with Gasteiger partial charge in [0.05, 0.1) is 25.2 Å². The van der Waals surface area contributed by atoms with Gasteiger partial charge in [0.2, 0.25) is 5.91 Å². The van der Waals surface area contributed by atoms with Gasteiger partial charge < -0.3 is 25.8 Å². The molecular formula is C15H16ClN3O5. The van der Waals surface area contributed by atoms with Crippen LogP contribution in [-0.2, 0) is 9.59 Å². The Morgan fingerprint density at radius 2 is 2.04 bits per heavy atom. The smallest absolute Gasteiger partial charge is 0.255 e. The number of carbonyl (C=O) groups is 3. The van der Waals surface area contributed by atoms with Crippen molar-refractivity contribution in [2.75, 3.05) is 26.8 Å². The molecule has 9 heteroatoms. The number of primary amides is 1. The highest BCUT2D eigenvalue weighted by molar-refractivity contribution is 6.32. The number of rotatable bonds is 8. The molecule has 1 aromatic rings. The van der Waals surface area contributed by atoms with E-state index in [0.717, 1.165) is 0 Å². The van der Waals surface area contributed by atoms with Gasteiger partial charge in [0.15, 0.2) is 18.1 Å². The Labute approximate surface area is 143 Å². The lowest BCUT2D eigenvalue weighted by Crippen LogP contribution is -2.37. The van der Waals surface area contributed by atoms with Gasteiger partial charge >= 0.3 is 0 Å². The van der Waals surface area contributed by atoms with Gasteiger partial charge in [-0.3, -0.25) is 14.4 Å². The molecule has 0 fully saturated rings. The predicted octanol–water partition coefficient (Wildman–Crippen LogP) is -0.308. The minimum atomic E-state index is -0.687. The second-order valence-electron chi connectivity index (χ2n) is 4.41. The zero-order valence-corrected chi connectivity index (χ0v) is 13.6. The summed E-state index contributed by atoms with van der Waals surface area (Å²) >= 11 is 6.03. The van der Waals surface area contributed by atoms with Crippen LogP contribution < -0.4 is 25.8 Å². The molecule has 3 amide bonds. The van der Waals surface area contributed by atoms with Crippen LogP contribution in [0, 0.1) is 12.3 Å². The third-order valence-electron chi connectivity index (χ3n) is 2.65. The van der Waals surface area contributed by atoms with Gasteiger partial charge in [-0.25, -0.2) is 0 Å². The topological polar surface area (TPSA) is 120 Å². The van der Waals surface area contributed by atoms with Gasteiger partial charge in [-0.2, -0.15) is 0 Å². The highest BCUT2D eigenvalue weighted by Crippen LogP contribution is 2.36. The highest BCUT2D eigenvalue weighted by atomic mass is 35.5. The first kappa shape index (κ1) is 19.1. The molecule has 128 valence electrons. The van der Waals surface area contributed by atoms with Crippen LogP contribution in [0.5, 0.6) is 11.5 Å². The first-order valence-electron chi connectivity index (χ1n) is 6.66. The van der Waals surface area contributed by atoms with Crippen molar-refractivity contribution in [1.82, 2.24) is 10.6 Å². The summed E-state index contributed by atoms with van der Waals surface area (Å²) in [6.45, 7) is -0.572. The quantitative estimate of drug-likeness (QED) is 0.554. The second kappa shape index (κ2) is 9.27. The molecule has 0 aliphatic heterocycles. The number of hydrogen-bond acceptors (Lipinski definition) is 5. The third kappa shape index (κ3) is 5.70. The van der Waals surface area contributed by atoms with E-state index in [0.29, 0.717) is 0 Å². The summed E-state index contributed by atoms with van der Waals surface area (Å²) in [7, 11) is 1.34. The summed E-state index contributed by atoms with van der Waals surface area (Å²) < 4.78 is 10.2. The molecule has 0 radical (unpaired) electrons. The van der Waals surface area contributed by atoms with Crippen molar-refractivity contribution in [3.8, 4) is 23.8 Å². The van der Waals surface area contributed by atoms with Crippen molar-refractivity contribution in [1.29, 1.82) is 0 Å². The summed E-state index contributed by atoms with van der Waals surface area (Å²) in [5, 5.41) is 4.87. The molecule has 0 saturated heterocycles. The molecule has 8 nitrogen and oxygen atoms in total. The molecule has 1 aromatic carbocycles. The molecule has 0 unspecified atom stereocenters. The first-order chi connectivity index (χ1) is 11.4. The number of nitrogens with one attached hydrogen (secondary N) is 2. The van der Waals surface area contributed by atoms with Crippen molar-refractivity contribution in [2.45, 2.75) is 0 Å². The maximum atomic E-state index is 12.1. The molecule has 0 atom stereocenters. The van der Waals surface area contributed by atoms with Crippen molar-refractivity contribution in [3.05, 3.63) is 22.7 Å². The maximum absolute atomic E-state index is 12.1. The van der Waals surface area contributed by atoms with E-state index in [1.807, 2.05) is 0 Å². The lowest BCUT2D eigenvalue weighted by molar-refractivity contribution is -0.120. The highest BCUT2D eigenvalue weighted by Gasteiger charge is 2.17. The minimum absolute atomic E-state index is 0.0533. The van der Waals surface area contributed by atoms with Gasteiger partial charge in [-0.15, -0.1) is 6.42 Å². The van der Waals surface area contributed by atoms with E-state index in [-0.39, 0.29) is 35.2 Å². The van der Waals surface area contributed by atoms with E-state index in [4.69, 9.17) is 33.2 Å². The Kier molecular flexibility index (Phi) is 7.39. The van der Waals surface area contributed by atoms with Gasteiger partial charge in [0.25, 0.3) is 11.8 Å². The molecule has 24 heavy (non-hydrogen) atoms. The molecule has 0 heterocycles. The molecule has 1 rings (SSSR count). The number of ether oxygens (including phenoxy) is 2. The molecule has 0 spiro atoms. The second-order valence-corrected chi connectivity index (χ2v) is 4.82. The van der Waals surface area contributed by atoms with Crippen LogP contribution in [0.25, 0.3) is 0 Å². The molecule has 0 saturated carbocycles. The van der Waals surface area contributed by atoms with Crippen LogP contribution in [0.2, 0.25) is 5.02 Å². The normalized spacial score (nSPS) is 9.54. The van der Waals surface area contributed by atoms with Crippen LogP contribution in [0.3, 0.4) is 0 Å². The van der Waals surface area contributed by atoms with Crippen LogP contribution >= 0.6 is 11.6 Å². The fraction of sp³-hybridized carbons (Fsp3) is 0.267. The predicted molar refractivity (Wildman–Crippen MR) is 86.9 cm³/mol. The SMILES string of the molecule is C#CCNC(=O)CNC(=O)c1cc(Cl)c(OCC(N)=O)c(OC)c1. The number of methoxy groups -OCH3 is 1. The van der Waals surface area contributed by atoms with E-state index in [1.165, 1.54) is 19.2 Å². The lowest BCUT2D eigenvalue weighted by atomic mass is 10.2. The Balaban J connectivity index is 2.83. The van der Waals surface area contributed by atoms with Crippen molar-refractivity contribution in [2.24, 2.45) is 5.73 Å². The number of halogens is 1. The average molecular weight is 354 g/mol. The Morgan fingerprint density at radius 1 is 1.33 bits per heavy atom. The number of nitrogens with two attached hydrogens (primary N) is 1. The largest absolute Gasteiger partial charge is 0.493 e. The van der Waals surface area contributed by atoms with E-state index in [2.05, 4.69) is 16.6 Å². The number of benzene rings is 1. The van der Waals surface area contributed by atoms with Crippen molar-refractivity contribution in [3.63, 3.8) is 0 Å². The summed E-state index contributed by atoms with van der Waals surface area (Å²) in [5.41, 5.74) is 5.15. The maximum Gasteiger partial charge on any atom is 0.255 e. The first-order valence-corrected chi connectivity index (χ1v) is 7.03. The summed E-state index contributed by atoms with van der Waals surface area (Å²) in [4.78, 5) is 34.2. The van der Waals surface area contributed by atoms with Gasteiger partial charge in [0, 0.05) is 5.56 Å². The Bertz CT molecular complexity index is 684. The van der Waals surface area contributed by atoms with Crippen LogP contribution in [0.1, 0.15) is 10.4 Å². The summed E-state index contributed by atoms with van der Waals surface area (Å²) in [5.74, 6) is 0.804. The number of carbonyl (C=O) groups excluding carboxylic acids is 3. The minimum Gasteiger partial charge on any atom is -0.493 e. The van der Waals surface area contributed by atoms with Crippen molar-refractivity contribution < 1.29 is 23.9 Å². The Morgan fingerprint density at radius 3 is 2.62 bits per heavy atom. The van der Waals surface area contributed by atoms with Crippen LogP contribution in [0.4, 0.5) is 0 Å². The average Bonchev–Trinajstić information content (AvgIpc) is 2.55. The molecule has 0 aliphatic rings. The number of terminal acetylenes is 1. The van der Waals surface area contributed by atoms with Crippen LogP contribution in [-0.4, -0.2) is 44.5 Å². The Hall–Kier alpha value is -2.92. The van der Waals surface area contributed by atoms with E-state index < -0.39 is 24.3 Å².